The van der Waals surface area contributed by atoms with Crippen LogP contribution in [-0.4, -0.2) is 44.6 Å². The van der Waals surface area contributed by atoms with Gasteiger partial charge >= 0.3 is 0 Å². The van der Waals surface area contributed by atoms with Crippen LogP contribution in [0.5, 0.6) is 0 Å². The molecule has 0 heterocycles. The van der Waals surface area contributed by atoms with Gasteiger partial charge < -0.3 is 4.90 Å². The molecule has 0 aromatic heterocycles. The second kappa shape index (κ2) is 7.53. The zero-order valence-electron chi connectivity index (χ0n) is 13.0. The summed E-state index contributed by atoms with van der Waals surface area (Å²) >= 11 is 12.0. The van der Waals surface area contributed by atoms with Crippen LogP contribution in [0.25, 0.3) is 0 Å². The number of rotatable bonds is 6. The molecule has 1 atom stereocenters. The van der Waals surface area contributed by atoms with E-state index >= 15 is 0 Å². The molecular weight excluding hydrogens is 347 g/mol. The van der Waals surface area contributed by atoms with Crippen molar-refractivity contribution in [2.75, 3.05) is 23.7 Å². The lowest BCUT2D eigenvalue weighted by molar-refractivity contribution is -0.131. The van der Waals surface area contributed by atoms with E-state index in [-0.39, 0.29) is 16.6 Å². The van der Waals surface area contributed by atoms with Crippen molar-refractivity contribution in [2.45, 2.75) is 26.8 Å². The second-order valence-corrected chi connectivity index (χ2v) is 7.54. The Labute approximate surface area is 141 Å². The average molecular weight is 367 g/mol. The third kappa shape index (κ3) is 4.27. The van der Waals surface area contributed by atoms with E-state index in [9.17, 15) is 13.2 Å². The molecule has 1 aromatic carbocycles. The van der Waals surface area contributed by atoms with Crippen LogP contribution < -0.4 is 4.31 Å². The van der Waals surface area contributed by atoms with E-state index in [1.54, 1.807) is 17.9 Å². The number of carbonyl (C=O) groups is 1. The lowest BCUT2D eigenvalue weighted by atomic mass is 10.2. The molecule has 124 valence electrons. The summed E-state index contributed by atoms with van der Waals surface area (Å²) in [6.07, 6.45) is 1.04. The smallest absolute Gasteiger partial charge is 0.246 e. The van der Waals surface area contributed by atoms with Crippen molar-refractivity contribution in [1.82, 2.24) is 4.90 Å². The Morgan fingerprint density at radius 1 is 1.23 bits per heavy atom. The molecule has 0 aliphatic rings. The first-order valence-electron chi connectivity index (χ1n) is 6.86. The van der Waals surface area contributed by atoms with Crippen LogP contribution in [-0.2, 0) is 14.8 Å². The molecule has 0 saturated carbocycles. The molecule has 1 amide bonds. The summed E-state index contributed by atoms with van der Waals surface area (Å²) in [5.41, 5.74) is 0.199. The van der Waals surface area contributed by atoms with Crippen LogP contribution in [0.1, 0.15) is 20.8 Å². The summed E-state index contributed by atoms with van der Waals surface area (Å²) in [6.45, 7) is 6.22. The normalized spacial score (nSPS) is 12.8. The number of halogens is 2. The van der Waals surface area contributed by atoms with Gasteiger partial charge in [-0.2, -0.15) is 0 Å². The number of benzene rings is 1. The van der Waals surface area contributed by atoms with Crippen LogP contribution in [0.2, 0.25) is 10.0 Å². The molecule has 1 aromatic rings. The largest absolute Gasteiger partial charge is 0.341 e. The first-order chi connectivity index (χ1) is 10.1. The minimum Gasteiger partial charge on any atom is -0.341 e. The summed E-state index contributed by atoms with van der Waals surface area (Å²) in [7, 11) is -3.71. The number of hydrogen-bond acceptors (Lipinski definition) is 3. The van der Waals surface area contributed by atoms with Crippen molar-refractivity contribution in [1.29, 1.82) is 0 Å². The summed E-state index contributed by atoms with van der Waals surface area (Å²) in [4.78, 5) is 14.1. The van der Waals surface area contributed by atoms with Gasteiger partial charge in [0.1, 0.15) is 6.04 Å². The summed E-state index contributed by atoms with van der Waals surface area (Å²) in [5.74, 6) is -0.286. The highest BCUT2D eigenvalue weighted by Gasteiger charge is 2.32. The molecule has 0 fully saturated rings. The lowest BCUT2D eigenvalue weighted by Gasteiger charge is -2.32. The Kier molecular flexibility index (Phi) is 6.52. The maximum atomic E-state index is 12.5. The van der Waals surface area contributed by atoms with E-state index in [2.05, 4.69) is 0 Å². The van der Waals surface area contributed by atoms with Crippen molar-refractivity contribution < 1.29 is 13.2 Å². The maximum absolute atomic E-state index is 12.5. The Hall–Kier alpha value is -0.980. The molecule has 0 spiro atoms. The van der Waals surface area contributed by atoms with Crippen LogP contribution in [0, 0.1) is 0 Å². The van der Waals surface area contributed by atoms with Crippen molar-refractivity contribution in [3.8, 4) is 0 Å². The molecule has 22 heavy (non-hydrogen) atoms. The number of anilines is 1. The van der Waals surface area contributed by atoms with Crippen LogP contribution in [0.15, 0.2) is 18.2 Å². The quantitative estimate of drug-likeness (QED) is 0.777. The standard InChI is InChI=1S/C14H20Cl2N2O3S/c1-5-17(6-2)14(19)10(3)18(22(4,20)21)13-9-11(15)7-8-12(13)16/h7-10H,5-6H2,1-4H3/t10-/m1/s1. The number of amides is 1. The summed E-state index contributed by atoms with van der Waals surface area (Å²) in [5, 5.41) is 0.560. The van der Waals surface area contributed by atoms with Gasteiger partial charge in [0.15, 0.2) is 0 Å². The highest BCUT2D eigenvalue weighted by atomic mass is 35.5. The first kappa shape index (κ1) is 19.1. The van der Waals surface area contributed by atoms with E-state index in [1.807, 2.05) is 13.8 Å². The van der Waals surface area contributed by atoms with Gasteiger partial charge in [-0.3, -0.25) is 9.10 Å². The van der Waals surface area contributed by atoms with Crippen molar-refractivity contribution in [3.05, 3.63) is 28.2 Å². The highest BCUT2D eigenvalue weighted by Crippen LogP contribution is 2.32. The first-order valence-corrected chi connectivity index (χ1v) is 9.47. The molecule has 0 bridgehead atoms. The third-order valence-electron chi connectivity index (χ3n) is 3.29. The molecular formula is C14H20Cl2N2O3S. The fourth-order valence-electron chi connectivity index (χ4n) is 2.23. The molecule has 5 nitrogen and oxygen atoms in total. The third-order valence-corrected chi connectivity index (χ3v) is 5.07. The molecule has 8 heteroatoms. The van der Waals surface area contributed by atoms with Gasteiger partial charge in [-0.1, -0.05) is 23.2 Å². The fourth-order valence-corrected chi connectivity index (χ4v) is 3.83. The monoisotopic (exact) mass is 366 g/mol. The topological polar surface area (TPSA) is 57.7 Å². The highest BCUT2D eigenvalue weighted by molar-refractivity contribution is 7.92. The van der Waals surface area contributed by atoms with Gasteiger partial charge in [-0.05, 0) is 39.0 Å². The van der Waals surface area contributed by atoms with E-state index < -0.39 is 16.1 Å². The Bertz CT molecular complexity index is 645. The van der Waals surface area contributed by atoms with E-state index in [1.165, 1.54) is 12.1 Å². The zero-order valence-corrected chi connectivity index (χ0v) is 15.3. The van der Waals surface area contributed by atoms with Gasteiger partial charge in [0.2, 0.25) is 15.9 Å². The van der Waals surface area contributed by atoms with E-state index in [4.69, 9.17) is 23.2 Å². The van der Waals surface area contributed by atoms with E-state index in [0.717, 1.165) is 10.6 Å². The van der Waals surface area contributed by atoms with Crippen LogP contribution in [0.4, 0.5) is 5.69 Å². The predicted octanol–water partition coefficient (Wildman–Crippen LogP) is 3.02. The molecule has 0 aliphatic heterocycles. The Morgan fingerprint density at radius 2 is 1.77 bits per heavy atom. The molecule has 0 saturated heterocycles. The molecule has 0 aliphatic carbocycles. The van der Waals surface area contributed by atoms with Gasteiger partial charge in [-0.25, -0.2) is 8.42 Å². The second-order valence-electron chi connectivity index (χ2n) is 4.84. The van der Waals surface area contributed by atoms with Crippen LogP contribution >= 0.6 is 23.2 Å². The summed E-state index contributed by atoms with van der Waals surface area (Å²) < 4.78 is 25.4. The maximum Gasteiger partial charge on any atom is 0.246 e. The minimum absolute atomic E-state index is 0.199. The summed E-state index contributed by atoms with van der Waals surface area (Å²) in [6, 6.07) is 3.60. The van der Waals surface area contributed by atoms with Gasteiger partial charge in [-0.15, -0.1) is 0 Å². The number of sulfonamides is 1. The van der Waals surface area contributed by atoms with Crippen molar-refractivity contribution in [2.24, 2.45) is 0 Å². The van der Waals surface area contributed by atoms with Gasteiger partial charge in [0.25, 0.3) is 0 Å². The number of carbonyl (C=O) groups excluding carboxylic acids is 1. The molecule has 0 unspecified atom stereocenters. The average Bonchev–Trinajstić information content (AvgIpc) is 2.42. The van der Waals surface area contributed by atoms with Crippen LogP contribution in [0.3, 0.4) is 0 Å². The Morgan fingerprint density at radius 3 is 2.23 bits per heavy atom. The zero-order chi connectivity index (χ0) is 17.1. The number of nitrogens with zero attached hydrogens (tertiary/aromatic N) is 2. The van der Waals surface area contributed by atoms with E-state index in [0.29, 0.717) is 18.1 Å². The number of hydrogen-bond donors (Lipinski definition) is 0. The SMILES string of the molecule is CCN(CC)C(=O)[C@@H](C)N(c1cc(Cl)ccc1Cl)S(C)(=O)=O. The predicted molar refractivity (Wildman–Crippen MR) is 91.2 cm³/mol. The van der Waals surface area contributed by atoms with Crippen molar-refractivity contribution in [3.63, 3.8) is 0 Å². The fraction of sp³-hybridized carbons (Fsp3) is 0.500. The molecule has 0 radical (unpaired) electrons. The van der Waals surface area contributed by atoms with Crippen molar-refractivity contribution >= 4 is 44.8 Å². The number of likely N-dealkylation sites (N-methyl/N-ethyl adjacent to an activating group) is 1. The minimum atomic E-state index is -3.71. The van der Waals surface area contributed by atoms with Gasteiger partial charge in [0.05, 0.1) is 17.0 Å². The Balaban J connectivity index is 3.37. The molecule has 1 rings (SSSR count). The lowest BCUT2D eigenvalue weighted by Crippen LogP contribution is -2.49. The molecule has 0 N–H and O–H groups in total. The van der Waals surface area contributed by atoms with Gasteiger partial charge in [0, 0.05) is 18.1 Å².